The molecule has 0 unspecified atom stereocenters. The summed E-state index contributed by atoms with van der Waals surface area (Å²) in [6.07, 6.45) is 7.39. The van der Waals surface area contributed by atoms with Crippen molar-refractivity contribution in [3.05, 3.63) is 16.7 Å². The zero-order chi connectivity index (χ0) is 22.7. The van der Waals surface area contributed by atoms with Crippen LogP contribution in [-0.2, 0) is 16.1 Å². The van der Waals surface area contributed by atoms with Crippen LogP contribution in [0.2, 0.25) is 0 Å². The summed E-state index contributed by atoms with van der Waals surface area (Å²) in [4.78, 5) is 48.7. The second-order valence-corrected chi connectivity index (χ2v) is 10.0. The molecule has 2 aliphatic rings. The van der Waals surface area contributed by atoms with Crippen LogP contribution in [0.1, 0.15) is 52.4 Å². The van der Waals surface area contributed by atoms with E-state index in [2.05, 4.69) is 32.4 Å². The van der Waals surface area contributed by atoms with E-state index in [1.54, 1.807) is 0 Å². The number of carbonyl (C=O) groups excluding carboxylic acids is 2. The van der Waals surface area contributed by atoms with Gasteiger partial charge < -0.3 is 15.5 Å². The highest BCUT2D eigenvalue weighted by atomic mass is 32.1. The summed E-state index contributed by atoms with van der Waals surface area (Å²) in [5, 5.41) is 6.66. The predicted molar refractivity (Wildman–Crippen MR) is 125 cm³/mol. The Hall–Kier alpha value is -2.49. The second-order valence-electron chi connectivity index (χ2n) is 9.03. The number of hydrogen-bond donors (Lipinski definition) is 2. The number of thiazole rings is 1. The number of carbonyl (C=O) groups is 2. The zero-order valence-corrected chi connectivity index (χ0v) is 19.6. The van der Waals surface area contributed by atoms with E-state index in [1.807, 2.05) is 6.92 Å². The first-order valence-electron chi connectivity index (χ1n) is 11.6. The summed E-state index contributed by atoms with van der Waals surface area (Å²) in [6.45, 7) is 6.12. The molecule has 10 heteroatoms. The van der Waals surface area contributed by atoms with Gasteiger partial charge in [0.15, 0.2) is 10.8 Å². The molecular weight excluding hydrogens is 428 g/mol. The van der Waals surface area contributed by atoms with Crippen molar-refractivity contribution in [3.8, 4) is 0 Å². The van der Waals surface area contributed by atoms with Crippen molar-refractivity contribution < 1.29 is 9.59 Å². The van der Waals surface area contributed by atoms with Crippen LogP contribution in [0.5, 0.6) is 0 Å². The first-order chi connectivity index (χ1) is 15.4. The molecule has 2 aromatic heterocycles. The highest BCUT2D eigenvalue weighted by Crippen LogP contribution is 2.29. The Labute approximate surface area is 191 Å². The Kier molecular flexibility index (Phi) is 7.07. The van der Waals surface area contributed by atoms with Gasteiger partial charge in [0.1, 0.15) is 17.6 Å². The average molecular weight is 461 g/mol. The molecule has 2 N–H and O–H groups in total. The molecule has 0 spiro atoms. The molecule has 0 radical (unpaired) electrons. The van der Waals surface area contributed by atoms with E-state index in [1.165, 1.54) is 22.2 Å². The van der Waals surface area contributed by atoms with Gasteiger partial charge in [0.25, 0.3) is 5.56 Å². The third-order valence-corrected chi connectivity index (χ3v) is 7.57. The molecule has 1 saturated carbocycles. The lowest BCUT2D eigenvalue weighted by Gasteiger charge is -2.31. The van der Waals surface area contributed by atoms with Crippen molar-refractivity contribution in [1.82, 2.24) is 25.2 Å². The van der Waals surface area contributed by atoms with E-state index in [9.17, 15) is 14.4 Å². The molecule has 2 aromatic rings. The lowest BCUT2D eigenvalue weighted by molar-refractivity contribution is -0.125. The van der Waals surface area contributed by atoms with Gasteiger partial charge in [-0.3, -0.25) is 19.0 Å². The maximum absolute atomic E-state index is 13.0. The summed E-state index contributed by atoms with van der Waals surface area (Å²) in [5.74, 6) is 0.552. The quantitative estimate of drug-likeness (QED) is 0.682. The van der Waals surface area contributed by atoms with Gasteiger partial charge in [-0.05, 0) is 51.4 Å². The van der Waals surface area contributed by atoms with Crippen molar-refractivity contribution in [2.75, 3.05) is 24.5 Å². The standard InChI is InChI=1S/C22H32N6O3S/c1-3-23-20(30)15-5-4-10-27(11-15)22-26-19-18(32-22)21(31)28(13-24-19)12-17(29)25-16-8-6-14(2)7-9-16/h13-16H,3-12H2,1-2H3,(H,23,30)(H,25,29)/t14?,15-,16?/m1/s1. The molecule has 174 valence electrons. The Balaban J connectivity index is 1.45. The minimum absolute atomic E-state index is 0.0377. The van der Waals surface area contributed by atoms with E-state index in [0.717, 1.165) is 45.1 Å². The van der Waals surface area contributed by atoms with Crippen LogP contribution in [-0.4, -0.2) is 52.0 Å². The number of nitrogens with one attached hydrogen (secondary N) is 2. The summed E-state index contributed by atoms with van der Waals surface area (Å²) < 4.78 is 1.81. The summed E-state index contributed by atoms with van der Waals surface area (Å²) in [7, 11) is 0. The van der Waals surface area contributed by atoms with Crippen LogP contribution < -0.4 is 21.1 Å². The summed E-state index contributed by atoms with van der Waals surface area (Å²) in [5.41, 5.74) is 0.150. The Morgan fingerprint density at radius 3 is 2.75 bits per heavy atom. The van der Waals surface area contributed by atoms with Gasteiger partial charge in [-0.25, -0.2) is 4.98 Å². The highest BCUT2D eigenvalue weighted by Gasteiger charge is 2.28. The molecule has 3 heterocycles. The molecule has 32 heavy (non-hydrogen) atoms. The number of hydrogen-bond acceptors (Lipinski definition) is 7. The van der Waals surface area contributed by atoms with Gasteiger partial charge >= 0.3 is 0 Å². The van der Waals surface area contributed by atoms with Crippen LogP contribution in [0.15, 0.2) is 11.1 Å². The first-order valence-corrected chi connectivity index (χ1v) is 12.4. The van der Waals surface area contributed by atoms with Gasteiger partial charge in [-0.15, -0.1) is 0 Å². The molecule has 1 atom stereocenters. The third-order valence-electron chi connectivity index (χ3n) is 6.48. The van der Waals surface area contributed by atoms with Crippen molar-refractivity contribution in [2.45, 2.75) is 65.0 Å². The molecule has 1 aliphatic heterocycles. The minimum Gasteiger partial charge on any atom is -0.356 e. The molecule has 4 rings (SSSR count). The Morgan fingerprint density at radius 2 is 2.00 bits per heavy atom. The number of fused-ring (bicyclic) bond motifs is 1. The van der Waals surface area contributed by atoms with Gasteiger partial charge in [-0.2, -0.15) is 4.98 Å². The fourth-order valence-electron chi connectivity index (χ4n) is 4.60. The second kappa shape index (κ2) is 9.97. The molecule has 0 aromatic carbocycles. The van der Waals surface area contributed by atoms with Crippen molar-refractivity contribution >= 4 is 38.6 Å². The topological polar surface area (TPSA) is 109 Å². The number of aromatic nitrogens is 3. The molecule has 1 aliphatic carbocycles. The summed E-state index contributed by atoms with van der Waals surface area (Å²) >= 11 is 1.29. The largest absolute Gasteiger partial charge is 0.356 e. The molecule has 0 bridgehead atoms. The lowest BCUT2D eigenvalue weighted by Crippen LogP contribution is -2.43. The van der Waals surface area contributed by atoms with Crippen molar-refractivity contribution in [2.24, 2.45) is 11.8 Å². The minimum atomic E-state index is -0.247. The van der Waals surface area contributed by atoms with Gasteiger partial charge in [-0.1, -0.05) is 18.3 Å². The fourth-order valence-corrected chi connectivity index (χ4v) is 5.60. The molecule has 9 nitrogen and oxygen atoms in total. The average Bonchev–Trinajstić information content (AvgIpc) is 3.23. The first kappa shape index (κ1) is 22.7. The number of piperidine rings is 1. The molecule has 1 saturated heterocycles. The normalized spacial score (nSPS) is 23.8. The monoisotopic (exact) mass is 460 g/mol. The molecule has 2 fully saturated rings. The van der Waals surface area contributed by atoms with Crippen LogP contribution >= 0.6 is 11.3 Å². The van der Waals surface area contributed by atoms with E-state index in [0.29, 0.717) is 34.5 Å². The van der Waals surface area contributed by atoms with Crippen molar-refractivity contribution in [1.29, 1.82) is 0 Å². The van der Waals surface area contributed by atoms with Crippen LogP contribution in [0, 0.1) is 11.8 Å². The van der Waals surface area contributed by atoms with Crippen molar-refractivity contribution in [3.63, 3.8) is 0 Å². The number of nitrogens with zero attached hydrogens (tertiary/aromatic N) is 4. The van der Waals surface area contributed by atoms with E-state index in [-0.39, 0.29) is 35.9 Å². The molecule has 2 amide bonds. The number of anilines is 1. The Morgan fingerprint density at radius 1 is 1.22 bits per heavy atom. The zero-order valence-electron chi connectivity index (χ0n) is 18.8. The lowest BCUT2D eigenvalue weighted by atomic mass is 9.87. The smallest absolute Gasteiger partial charge is 0.273 e. The highest BCUT2D eigenvalue weighted by molar-refractivity contribution is 7.22. The van der Waals surface area contributed by atoms with Crippen LogP contribution in [0.4, 0.5) is 5.13 Å². The predicted octanol–water partition coefficient (Wildman–Crippen LogP) is 1.90. The maximum Gasteiger partial charge on any atom is 0.273 e. The van der Waals surface area contributed by atoms with E-state index >= 15 is 0 Å². The number of amides is 2. The number of rotatable bonds is 6. The van der Waals surface area contributed by atoms with E-state index in [4.69, 9.17) is 0 Å². The Bertz CT molecular complexity index is 1030. The maximum atomic E-state index is 13.0. The fraction of sp³-hybridized carbons (Fsp3) is 0.682. The van der Waals surface area contributed by atoms with Gasteiger partial charge in [0.05, 0.1) is 5.92 Å². The van der Waals surface area contributed by atoms with Crippen LogP contribution in [0.25, 0.3) is 10.3 Å². The molecular formula is C22H32N6O3S. The van der Waals surface area contributed by atoms with Gasteiger partial charge in [0, 0.05) is 25.7 Å². The summed E-state index contributed by atoms with van der Waals surface area (Å²) in [6, 6.07) is 0.193. The van der Waals surface area contributed by atoms with Gasteiger partial charge in [0.2, 0.25) is 11.8 Å². The van der Waals surface area contributed by atoms with E-state index < -0.39 is 0 Å². The third kappa shape index (κ3) is 5.11. The van der Waals surface area contributed by atoms with Crippen LogP contribution in [0.3, 0.4) is 0 Å². The SMILES string of the molecule is CCNC(=O)[C@@H]1CCCN(c2nc3ncn(CC(=O)NC4CCC(C)CC4)c(=O)c3s2)C1.